The molecular formula is C14H18N2O2S. The van der Waals surface area contributed by atoms with Crippen molar-refractivity contribution >= 4 is 17.2 Å². The number of likely N-dealkylation sites (tertiary alicyclic amines) is 1. The Morgan fingerprint density at radius 1 is 1.68 bits per heavy atom. The molecule has 0 radical (unpaired) electrons. The summed E-state index contributed by atoms with van der Waals surface area (Å²) in [4.78, 5) is 15.6. The van der Waals surface area contributed by atoms with E-state index in [0.717, 1.165) is 29.8 Å². The lowest BCUT2D eigenvalue weighted by molar-refractivity contribution is 0.0477. The molecule has 5 heteroatoms. The molecule has 1 unspecified atom stereocenters. The van der Waals surface area contributed by atoms with Crippen LogP contribution < -0.4 is 5.73 Å². The monoisotopic (exact) mass is 278 g/mol. The highest BCUT2D eigenvalue weighted by Gasteiger charge is 2.24. The number of nitrogens with two attached hydrogens (primary N) is 1. The van der Waals surface area contributed by atoms with Crippen LogP contribution in [0.5, 0.6) is 0 Å². The predicted octanol–water partition coefficient (Wildman–Crippen LogP) is 0.964. The van der Waals surface area contributed by atoms with Gasteiger partial charge in [0.1, 0.15) is 0 Å². The van der Waals surface area contributed by atoms with Gasteiger partial charge in [-0.3, -0.25) is 4.79 Å². The lowest BCUT2D eigenvalue weighted by atomic mass is 10.1. The molecule has 0 aliphatic carbocycles. The maximum Gasteiger partial charge on any atom is 0.264 e. The van der Waals surface area contributed by atoms with Gasteiger partial charge in [-0.15, -0.1) is 11.3 Å². The molecule has 1 aliphatic heterocycles. The molecule has 0 bridgehead atoms. The average molecular weight is 278 g/mol. The molecule has 1 atom stereocenters. The number of carbonyl (C=O) groups is 1. The van der Waals surface area contributed by atoms with Gasteiger partial charge in [0.25, 0.3) is 5.91 Å². The fraction of sp³-hybridized carbons (Fsp3) is 0.500. The van der Waals surface area contributed by atoms with Gasteiger partial charge in [-0.2, -0.15) is 0 Å². The molecular weight excluding hydrogens is 260 g/mol. The van der Waals surface area contributed by atoms with E-state index in [1.807, 2.05) is 13.0 Å². The summed E-state index contributed by atoms with van der Waals surface area (Å²) >= 11 is 1.40. The lowest BCUT2D eigenvalue weighted by Gasteiger charge is -2.29. The first-order valence-corrected chi connectivity index (χ1v) is 7.20. The summed E-state index contributed by atoms with van der Waals surface area (Å²) in [6.45, 7) is 3.41. The fourth-order valence-electron chi connectivity index (χ4n) is 2.14. The second kappa shape index (κ2) is 6.20. The van der Waals surface area contributed by atoms with E-state index < -0.39 is 6.10 Å². The molecule has 0 spiro atoms. The quantitative estimate of drug-likeness (QED) is 0.752. The Morgan fingerprint density at radius 2 is 2.47 bits per heavy atom. The zero-order valence-electron chi connectivity index (χ0n) is 11.0. The number of rotatable bonds is 1. The minimum absolute atomic E-state index is 0.00681. The smallest absolute Gasteiger partial charge is 0.264 e. The molecule has 2 heterocycles. The number of hydrogen-bond donors (Lipinski definition) is 2. The third kappa shape index (κ3) is 3.35. The van der Waals surface area contributed by atoms with Crippen LogP contribution in [-0.4, -0.2) is 41.7 Å². The Balaban J connectivity index is 2.15. The molecule has 1 aliphatic rings. The van der Waals surface area contributed by atoms with Crippen LogP contribution in [0.3, 0.4) is 0 Å². The molecule has 0 saturated carbocycles. The third-order valence-corrected chi connectivity index (χ3v) is 4.26. The molecule has 1 aromatic rings. The maximum atomic E-state index is 12.3. The van der Waals surface area contributed by atoms with Crippen LogP contribution >= 0.6 is 11.3 Å². The summed E-state index contributed by atoms with van der Waals surface area (Å²) < 4.78 is 0. The average Bonchev–Trinajstić information content (AvgIpc) is 2.77. The highest BCUT2D eigenvalue weighted by atomic mass is 32.1. The number of aliphatic hydroxyl groups excluding tert-OH is 1. The van der Waals surface area contributed by atoms with Gasteiger partial charge in [-0.05, 0) is 31.4 Å². The predicted molar refractivity (Wildman–Crippen MR) is 76.1 cm³/mol. The van der Waals surface area contributed by atoms with E-state index in [1.165, 1.54) is 11.3 Å². The largest absolute Gasteiger partial charge is 0.391 e. The zero-order valence-corrected chi connectivity index (χ0v) is 11.8. The van der Waals surface area contributed by atoms with E-state index in [0.29, 0.717) is 18.0 Å². The second-order valence-corrected chi connectivity index (χ2v) is 5.73. The van der Waals surface area contributed by atoms with Crippen LogP contribution in [0.15, 0.2) is 6.07 Å². The summed E-state index contributed by atoms with van der Waals surface area (Å²) in [5, 5.41) is 9.62. The Morgan fingerprint density at radius 3 is 3.16 bits per heavy atom. The van der Waals surface area contributed by atoms with Crippen LogP contribution in [0.2, 0.25) is 0 Å². The van der Waals surface area contributed by atoms with Gasteiger partial charge >= 0.3 is 0 Å². The molecule has 3 N–H and O–H groups in total. The number of carbonyl (C=O) groups excluding carboxylic acids is 1. The number of amides is 1. The van der Waals surface area contributed by atoms with Crippen molar-refractivity contribution in [1.29, 1.82) is 0 Å². The standard InChI is InChI=1S/C14H18N2O2S/c1-10-8-13(19-12(10)5-2-6-15)14(18)16-7-3-4-11(17)9-16/h8,11,17H,3-4,6-7,9,15H2,1H3. The SMILES string of the molecule is Cc1cc(C(=O)N2CCCC(O)C2)sc1C#CCN. The summed E-state index contributed by atoms with van der Waals surface area (Å²) in [5.41, 5.74) is 6.36. The second-order valence-electron chi connectivity index (χ2n) is 4.68. The first-order valence-electron chi connectivity index (χ1n) is 6.38. The van der Waals surface area contributed by atoms with Gasteiger partial charge in [0.05, 0.1) is 22.4 Å². The van der Waals surface area contributed by atoms with E-state index in [-0.39, 0.29) is 5.91 Å². The number of thiophene rings is 1. The van der Waals surface area contributed by atoms with Crippen LogP contribution in [0.25, 0.3) is 0 Å². The van der Waals surface area contributed by atoms with Gasteiger partial charge in [0, 0.05) is 13.1 Å². The highest BCUT2D eigenvalue weighted by Crippen LogP contribution is 2.23. The van der Waals surface area contributed by atoms with Crippen LogP contribution in [-0.2, 0) is 0 Å². The van der Waals surface area contributed by atoms with Crippen molar-refractivity contribution in [2.75, 3.05) is 19.6 Å². The molecule has 1 aromatic heterocycles. The van der Waals surface area contributed by atoms with Crippen molar-refractivity contribution in [3.63, 3.8) is 0 Å². The van der Waals surface area contributed by atoms with Gasteiger partial charge in [0.2, 0.25) is 0 Å². The number of aryl methyl sites for hydroxylation is 1. The van der Waals surface area contributed by atoms with Crippen molar-refractivity contribution < 1.29 is 9.90 Å². The van der Waals surface area contributed by atoms with E-state index in [2.05, 4.69) is 11.8 Å². The van der Waals surface area contributed by atoms with Gasteiger partial charge in [-0.1, -0.05) is 11.8 Å². The molecule has 102 valence electrons. The van der Waals surface area contributed by atoms with Crippen molar-refractivity contribution in [1.82, 2.24) is 4.90 Å². The summed E-state index contributed by atoms with van der Waals surface area (Å²) in [7, 11) is 0. The Kier molecular flexibility index (Phi) is 4.59. The molecule has 0 aromatic carbocycles. The lowest BCUT2D eigenvalue weighted by Crippen LogP contribution is -2.41. The molecule has 1 fully saturated rings. The number of piperidine rings is 1. The minimum atomic E-state index is -0.393. The first kappa shape index (κ1) is 14.1. The van der Waals surface area contributed by atoms with Gasteiger partial charge in [-0.25, -0.2) is 0 Å². The molecule has 2 rings (SSSR count). The highest BCUT2D eigenvalue weighted by molar-refractivity contribution is 7.14. The number of nitrogens with zero attached hydrogens (tertiary/aromatic N) is 1. The topological polar surface area (TPSA) is 66.6 Å². The zero-order chi connectivity index (χ0) is 13.8. The number of hydrogen-bond acceptors (Lipinski definition) is 4. The van der Waals surface area contributed by atoms with Gasteiger partial charge < -0.3 is 15.7 Å². The summed E-state index contributed by atoms with van der Waals surface area (Å²) in [6, 6.07) is 1.87. The third-order valence-electron chi connectivity index (χ3n) is 3.12. The number of aliphatic hydroxyl groups is 1. The molecule has 1 amide bonds. The first-order chi connectivity index (χ1) is 9.11. The van der Waals surface area contributed by atoms with E-state index in [1.54, 1.807) is 4.90 Å². The van der Waals surface area contributed by atoms with Crippen molar-refractivity contribution in [3.8, 4) is 11.8 Å². The van der Waals surface area contributed by atoms with Crippen molar-refractivity contribution in [3.05, 3.63) is 21.4 Å². The van der Waals surface area contributed by atoms with Gasteiger partial charge in [0.15, 0.2) is 0 Å². The Hall–Kier alpha value is -1.35. The summed E-state index contributed by atoms with van der Waals surface area (Å²) in [5.74, 6) is 5.78. The fourth-order valence-corrected chi connectivity index (χ4v) is 3.15. The molecule has 1 saturated heterocycles. The van der Waals surface area contributed by atoms with Crippen LogP contribution in [0.4, 0.5) is 0 Å². The normalized spacial score (nSPS) is 18.9. The Bertz CT molecular complexity index is 527. The van der Waals surface area contributed by atoms with Crippen molar-refractivity contribution in [2.24, 2.45) is 5.73 Å². The van der Waals surface area contributed by atoms with Crippen molar-refractivity contribution in [2.45, 2.75) is 25.9 Å². The van der Waals surface area contributed by atoms with E-state index in [9.17, 15) is 9.90 Å². The Labute approximate surface area is 117 Å². The van der Waals surface area contributed by atoms with E-state index in [4.69, 9.17) is 5.73 Å². The van der Waals surface area contributed by atoms with E-state index >= 15 is 0 Å². The van der Waals surface area contributed by atoms with Crippen LogP contribution in [0, 0.1) is 18.8 Å². The summed E-state index contributed by atoms with van der Waals surface area (Å²) in [6.07, 6.45) is 1.24. The molecule has 19 heavy (non-hydrogen) atoms. The molecule has 4 nitrogen and oxygen atoms in total. The minimum Gasteiger partial charge on any atom is -0.391 e. The maximum absolute atomic E-state index is 12.3. The van der Waals surface area contributed by atoms with Crippen LogP contribution in [0.1, 0.15) is 33.0 Å². The number of β-amino-alcohol motifs (C(OH)–C–C–N with tert-alkyl or cyclic N) is 1.